The van der Waals surface area contributed by atoms with Crippen LogP contribution in [0.15, 0.2) is 6.33 Å². The van der Waals surface area contributed by atoms with Gasteiger partial charge in [-0.15, -0.1) is 0 Å². The predicted molar refractivity (Wildman–Crippen MR) is 75.3 cm³/mol. The molecule has 0 saturated heterocycles. The standard InChI is InChI=1S/C12H18ClN5O/c1-7(2)4-12(3,19)5-14-9-8-10(16-6-15-8)18-11(13)17-9/h6-7,19H,4-5H2,1-3H3,(H2,14,15,16,17,18). The van der Waals surface area contributed by atoms with E-state index in [1.165, 1.54) is 6.33 Å². The molecular weight excluding hydrogens is 266 g/mol. The van der Waals surface area contributed by atoms with E-state index in [0.717, 1.165) is 0 Å². The fourth-order valence-corrected chi connectivity index (χ4v) is 2.32. The van der Waals surface area contributed by atoms with Crippen molar-refractivity contribution in [2.45, 2.75) is 32.8 Å². The van der Waals surface area contributed by atoms with Gasteiger partial charge >= 0.3 is 0 Å². The highest BCUT2D eigenvalue weighted by atomic mass is 35.5. The third-order valence-electron chi connectivity index (χ3n) is 2.74. The lowest BCUT2D eigenvalue weighted by Crippen LogP contribution is -2.35. The van der Waals surface area contributed by atoms with Crippen LogP contribution in [0.5, 0.6) is 0 Å². The first-order valence-corrected chi connectivity index (χ1v) is 6.58. The number of hydrogen-bond acceptors (Lipinski definition) is 5. The van der Waals surface area contributed by atoms with Crippen LogP contribution in [-0.2, 0) is 0 Å². The number of aromatic nitrogens is 4. The number of fused-ring (bicyclic) bond motifs is 1. The number of aromatic amines is 1. The molecule has 0 aliphatic heterocycles. The Labute approximate surface area is 116 Å². The lowest BCUT2D eigenvalue weighted by molar-refractivity contribution is 0.0515. The largest absolute Gasteiger partial charge is 0.388 e. The summed E-state index contributed by atoms with van der Waals surface area (Å²) < 4.78 is 0. The molecule has 0 fully saturated rings. The molecule has 1 unspecified atom stereocenters. The molecule has 2 aromatic rings. The van der Waals surface area contributed by atoms with Gasteiger partial charge in [0.25, 0.3) is 0 Å². The molecule has 0 amide bonds. The zero-order chi connectivity index (χ0) is 14.0. The number of anilines is 1. The second kappa shape index (κ2) is 5.30. The van der Waals surface area contributed by atoms with Gasteiger partial charge in [-0.05, 0) is 30.9 Å². The molecule has 0 aliphatic carbocycles. The van der Waals surface area contributed by atoms with Crippen molar-refractivity contribution < 1.29 is 5.11 Å². The molecule has 0 aliphatic rings. The van der Waals surface area contributed by atoms with Crippen molar-refractivity contribution in [2.75, 3.05) is 11.9 Å². The smallest absolute Gasteiger partial charge is 0.226 e. The number of halogens is 1. The van der Waals surface area contributed by atoms with Gasteiger partial charge in [-0.2, -0.15) is 9.97 Å². The normalized spacial score (nSPS) is 14.8. The molecule has 0 aromatic carbocycles. The van der Waals surface area contributed by atoms with Crippen LogP contribution < -0.4 is 5.32 Å². The average molecular weight is 284 g/mol. The van der Waals surface area contributed by atoms with Gasteiger partial charge in [0, 0.05) is 6.54 Å². The summed E-state index contributed by atoms with van der Waals surface area (Å²) >= 11 is 5.84. The lowest BCUT2D eigenvalue weighted by Gasteiger charge is -2.25. The molecule has 104 valence electrons. The average Bonchev–Trinajstić information content (AvgIpc) is 2.71. The molecule has 7 heteroatoms. The van der Waals surface area contributed by atoms with E-state index in [1.807, 2.05) is 0 Å². The number of nitrogens with zero attached hydrogens (tertiary/aromatic N) is 3. The maximum atomic E-state index is 10.3. The van der Waals surface area contributed by atoms with E-state index in [2.05, 4.69) is 39.1 Å². The molecule has 0 spiro atoms. The fraction of sp³-hybridized carbons (Fsp3) is 0.583. The fourth-order valence-electron chi connectivity index (χ4n) is 2.16. The maximum Gasteiger partial charge on any atom is 0.226 e. The lowest BCUT2D eigenvalue weighted by atomic mass is 9.94. The van der Waals surface area contributed by atoms with Crippen LogP contribution in [0.1, 0.15) is 27.2 Å². The van der Waals surface area contributed by atoms with E-state index in [9.17, 15) is 5.11 Å². The molecule has 19 heavy (non-hydrogen) atoms. The van der Waals surface area contributed by atoms with Crippen LogP contribution >= 0.6 is 11.6 Å². The third kappa shape index (κ3) is 3.54. The monoisotopic (exact) mass is 283 g/mol. The van der Waals surface area contributed by atoms with E-state index in [1.54, 1.807) is 6.92 Å². The summed E-state index contributed by atoms with van der Waals surface area (Å²) in [5.41, 5.74) is 0.383. The van der Waals surface area contributed by atoms with E-state index in [-0.39, 0.29) is 5.28 Å². The number of hydrogen-bond donors (Lipinski definition) is 3. The van der Waals surface area contributed by atoms with Crippen LogP contribution in [0, 0.1) is 5.92 Å². The number of imidazole rings is 1. The van der Waals surface area contributed by atoms with Crippen molar-refractivity contribution in [1.82, 2.24) is 19.9 Å². The topological polar surface area (TPSA) is 86.7 Å². The van der Waals surface area contributed by atoms with Crippen molar-refractivity contribution in [3.8, 4) is 0 Å². The molecule has 2 rings (SSSR count). The molecule has 6 nitrogen and oxygen atoms in total. The van der Waals surface area contributed by atoms with E-state index in [4.69, 9.17) is 11.6 Å². The van der Waals surface area contributed by atoms with Crippen molar-refractivity contribution in [3.05, 3.63) is 11.6 Å². The second-order valence-electron chi connectivity index (χ2n) is 5.39. The van der Waals surface area contributed by atoms with Crippen LogP contribution in [0.3, 0.4) is 0 Å². The summed E-state index contributed by atoms with van der Waals surface area (Å²) in [5.74, 6) is 0.967. The van der Waals surface area contributed by atoms with E-state index in [0.29, 0.717) is 35.9 Å². The van der Waals surface area contributed by atoms with Gasteiger partial charge < -0.3 is 15.4 Å². The summed E-state index contributed by atoms with van der Waals surface area (Å²) in [6, 6.07) is 0. The molecule has 1 atom stereocenters. The van der Waals surface area contributed by atoms with E-state index < -0.39 is 5.60 Å². The molecule has 2 heterocycles. The quantitative estimate of drug-likeness (QED) is 0.733. The van der Waals surface area contributed by atoms with Crippen LogP contribution in [0.2, 0.25) is 5.28 Å². The van der Waals surface area contributed by atoms with Crippen LogP contribution in [0.25, 0.3) is 11.2 Å². The number of nitrogens with one attached hydrogen (secondary N) is 2. The minimum absolute atomic E-state index is 0.130. The molecule has 2 aromatic heterocycles. The van der Waals surface area contributed by atoms with Crippen molar-refractivity contribution >= 4 is 28.6 Å². The summed E-state index contributed by atoms with van der Waals surface area (Å²) in [6.45, 7) is 6.33. The Bertz CT molecular complexity index is 566. The number of aliphatic hydroxyl groups is 1. The molecule has 3 N–H and O–H groups in total. The Morgan fingerprint density at radius 2 is 2.21 bits per heavy atom. The van der Waals surface area contributed by atoms with Crippen LogP contribution in [-0.4, -0.2) is 37.2 Å². The highest BCUT2D eigenvalue weighted by Crippen LogP contribution is 2.21. The zero-order valence-corrected chi connectivity index (χ0v) is 12.0. The van der Waals surface area contributed by atoms with Gasteiger partial charge in [0.15, 0.2) is 11.5 Å². The van der Waals surface area contributed by atoms with Crippen LogP contribution in [0.4, 0.5) is 5.82 Å². The third-order valence-corrected chi connectivity index (χ3v) is 2.91. The second-order valence-corrected chi connectivity index (χ2v) is 5.73. The predicted octanol–water partition coefficient (Wildman–Crippen LogP) is 2.22. The summed E-state index contributed by atoms with van der Waals surface area (Å²) in [4.78, 5) is 15.1. The summed E-state index contributed by atoms with van der Waals surface area (Å²) in [7, 11) is 0. The molecular formula is C12H18ClN5O. The Balaban J connectivity index is 2.15. The Morgan fingerprint density at radius 1 is 1.47 bits per heavy atom. The van der Waals surface area contributed by atoms with Gasteiger partial charge in [0.2, 0.25) is 5.28 Å². The number of rotatable bonds is 5. The first-order chi connectivity index (χ1) is 8.87. The zero-order valence-electron chi connectivity index (χ0n) is 11.2. The first kappa shape index (κ1) is 14.0. The van der Waals surface area contributed by atoms with Gasteiger partial charge in [-0.1, -0.05) is 13.8 Å². The molecule has 0 bridgehead atoms. The van der Waals surface area contributed by atoms with Gasteiger partial charge in [-0.3, -0.25) is 0 Å². The maximum absolute atomic E-state index is 10.3. The summed E-state index contributed by atoms with van der Waals surface area (Å²) in [5, 5.41) is 13.5. The molecule has 0 radical (unpaired) electrons. The Kier molecular flexibility index (Phi) is 3.91. The highest BCUT2D eigenvalue weighted by molar-refractivity contribution is 6.28. The SMILES string of the molecule is CC(C)CC(C)(O)CNc1nc(Cl)nc2nc[nH]c12. The van der Waals surface area contributed by atoms with E-state index >= 15 is 0 Å². The van der Waals surface area contributed by atoms with Gasteiger partial charge in [0.1, 0.15) is 5.52 Å². The van der Waals surface area contributed by atoms with Gasteiger partial charge in [0.05, 0.1) is 11.9 Å². The summed E-state index contributed by atoms with van der Waals surface area (Å²) in [6.07, 6.45) is 2.23. The van der Waals surface area contributed by atoms with Crippen molar-refractivity contribution in [3.63, 3.8) is 0 Å². The Morgan fingerprint density at radius 3 is 2.89 bits per heavy atom. The van der Waals surface area contributed by atoms with Crippen molar-refractivity contribution in [1.29, 1.82) is 0 Å². The molecule has 0 saturated carbocycles. The van der Waals surface area contributed by atoms with Crippen molar-refractivity contribution in [2.24, 2.45) is 5.92 Å². The number of H-pyrrole nitrogens is 1. The van der Waals surface area contributed by atoms with Gasteiger partial charge in [-0.25, -0.2) is 4.98 Å². The minimum atomic E-state index is -0.808. The minimum Gasteiger partial charge on any atom is -0.388 e. The Hall–Kier alpha value is -1.40. The highest BCUT2D eigenvalue weighted by Gasteiger charge is 2.22. The first-order valence-electron chi connectivity index (χ1n) is 6.20.